The van der Waals surface area contributed by atoms with Gasteiger partial charge < -0.3 is 20.5 Å². The van der Waals surface area contributed by atoms with Gasteiger partial charge in [-0.1, -0.05) is 29.3 Å². The number of nitrogens with one attached hydrogen (secondary N) is 1. The molecule has 0 spiro atoms. The molecular formula is C15H22Cl2IN3O2. The van der Waals surface area contributed by atoms with Gasteiger partial charge in [0.25, 0.3) is 0 Å². The number of methoxy groups -OCH3 is 1. The highest BCUT2D eigenvalue weighted by molar-refractivity contribution is 14.0. The van der Waals surface area contributed by atoms with Crippen LogP contribution in [0.1, 0.15) is 24.9 Å². The number of guanidine groups is 1. The van der Waals surface area contributed by atoms with E-state index in [9.17, 15) is 0 Å². The maximum Gasteiger partial charge on any atom is 0.189 e. The quantitative estimate of drug-likeness (QED) is 0.390. The summed E-state index contributed by atoms with van der Waals surface area (Å²) in [6.07, 6.45) is 0.818. The molecule has 2 rings (SSSR count). The molecule has 8 heteroatoms. The molecule has 23 heavy (non-hydrogen) atoms. The number of nitrogens with zero attached hydrogens (tertiary/aromatic N) is 1. The van der Waals surface area contributed by atoms with Gasteiger partial charge in [-0.15, -0.1) is 24.0 Å². The van der Waals surface area contributed by atoms with Gasteiger partial charge in [0.2, 0.25) is 0 Å². The van der Waals surface area contributed by atoms with Gasteiger partial charge in [0.05, 0.1) is 19.2 Å². The zero-order chi connectivity index (χ0) is 16.2. The van der Waals surface area contributed by atoms with Crippen molar-refractivity contribution in [2.24, 2.45) is 10.7 Å². The molecule has 0 amide bonds. The first kappa shape index (κ1) is 20.8. The summed E-state index contributed by atoms with van der Waals surface area (Å²) < 4.78 is 10.9. The van der Waals surface area contributed by atoms with Crippen LogP contribution in [0.15, 0.2) is 23.2 Å². The molecule has 1 heterocycles. The largest absolute Gasteiger partial charge is 0.378 e. The number of nitrogens with two attached hydrogens (primary N) is 1. The summed E-state index contributed by atoms with van der Waals surface area (Å²) in [7, 11) is 1.67. The van der Waals surface area contributed by atoms with E-state index in [2.05, 4.69) is 10.3 Å². The Bertz CT molecular complexity index is 552. The smallest absolute Gasteiger partial charge is 0.189 e. The van der Waals surface area contributed by atoms with Crippen molar-refractivity contribution in [3.05, 3.63) is 33.8 Å². The Kier molecular flexibility index (Phi) is 8.37. The average molecular weight is 474 g/mol. The van der Waals surface area contributed by atoms with E-state index in [1.807, 2.05) is 13.0 Å². The van der Waals surface area contributed by atoms with Crippen LogP contribution in [0, 0.1) is 0 Å². The Morgan fingerprint density at radius 2 is 2.26 bits per heavy atom. The minimum absolute atomic E-state index is 0. The van der Waals surface area contributed by atoms with Crippen LogP contribution in [0.2, 0.25) is 10.0 Å². The van der Waals surface area contributed by atoms with Crippen LogP contribution in [0.4, 0.5) is 0 Å². The fourth-order valence-corrected chi connectivity index (χ4v) is 2.94. The minimum Gasteiger partial charge on any atom is -0.378 e. The van der Waals surface area contributed by atoms with Gasteiger partial charge in [0.15, 0.2) is 5.96 Å². The Morgan fingerprint density at radius 1 is 1.52 bits per heavy atom. The molecule has 1 fully saturated rings. The van der Waals surface area contributed by atoms with E-state index in [-0.39, 0.29) is 35.6 Å². The van der Waals surface area contributed by atoms with Gasteiger partial charge in [0.1, 0.15) is 5.60 Å². The second-order valence-electron chi connectivity index (χ2n) is 5.42. The highest BCUT2D eigenvalue weighted by Crippen LogP contribution is 2.26. The van der Waals surface area contributed by atoms with Crippen molar-refractivity contribution in [1.29, 1.82) is 0 Å². The average Bonchev–Trinajstić information content (AvgIpc) is 2.94. The van der Waals surface area contributed by atoms with Crippen molar-refractivity contribution in [2.45, 2.75) is 25.0 Å². The molecule has 0 aromatic heterocycles. The van der Waals surface area contributed by atoms with Gasteiger partial charge in [-0.3, -0.25) is 4.99 Å². The molecule has 0 saturated carbocycles. The standard InChI is InChI=1S/C15H21Cl2N3O2.HI/c1-10(12-4-3-11(16)7-13(12)17)20-14(18)19-8-15(21-2)5-6-22-9-15;/h3-4,7,10H,5-6,8-9H2,1-2H3,(H3,18,19,20);1H. The van der Waals surface area contributed by atoms with Crippen molar-refractivity contribution < 1.29 is 9.47 Å². The Morgan fingerprint density at radius 3 is 2.83 bits per heavy atom. The van der Waals surface area contributed by atoms with E-state index < -0.39 is 0 Å². The molecule has 2 atom stereocenters. The van der Waals surface area contributed by atoms with Crippen LogP contribution in [0.3, 0.4) is 0 Å². The summed E-state index contributed by atoms with van der Waals surface area (Å²) in [5.74, 6) is 0.349. The third kappa shape index (κ3) is 5.63. The van der Waals surface area contributed by atoms with Crippen molar-refractivity contribution in [3.8, 4) is 0 Å². The summed E-state index contributed by atoms with van der Waals surface area (Å²) in [5.41, 5.74) is 6.50. The topological polar surface area (TPSA) is 68.9 Å². The van der Waals surface area contributed by atoms with Crippen molar-refractivity contribution in [2.75, 3.05) is 26.9 Å². The number of rotatable bonds is 5. The Balaban J connectivity index is 0.00000264. The molecular weight excluding hydrogens is 452 g/mol. The molecule has 1 aliphatic rings. The first-order valence-electron chi connectivity index (χ1n) is 7.10. The molecule has 2 unspecified atom stereocenters. The molecule has 3 N–H and O–H groups in total. The van der Waals surface area contributed by atoms with Crippen LogP contribution in [-0.2, 0) is 9.47 Å². The molecule has 0 radical (unpaired) electrons. The van der Waals surface area contributed by atoms with E-state index in [4.69, 9.17) is 38.4 Å². The second kappa shape index (κ2) is 9.27. The molecule has 0 bridgehead atoms. The Labute approximate surface area is 163 Å². The zero-order valence-corrected chi connectivity index (χ0v) is 17.0. The number of aliphatic imine (C=N–C) groups is 1. The van der Waals surface area contributed by atoms with Crippen LogP contribution in [0.25, 0.3) is 0 Å². The van der Waals surface area contributed by atoms with Crippen molar-refractivity contribution in [3.63, 3.8) is 0 Å². The van der Waals surface area contributed by atoms with E-state index in [0.29, 0.717) is 35.8 Å². The highest BCUT2D eigenvalue weighted by Gasteiger charge is 2.34. The molecule has 1 aliphatic heterocycles. The number of hydrogen-bond acceptors (Lipinski definition) is 3. The zero-order valence-electron chi connectivity index (χ0n) is 13.1. The van der Waals surface area contributed by atoms with E-state index >= 15 is 0 Å². The lowest BCUT2D eigenvalue weighted by atomic mass is 10.0. The SMILES string of the molecule is COC1(CN=C(N)NC(C)c2ccc(Cl)cc2Cl)CCOC1.I. The van der Waals surface area contributed by atoms with Gasteiger partial charge in [-0.25, -0.2) is 0 Å². The fraction of sp³-hybridized carbons (Fsp3) is 0.533. The van der Waals surface area contributed by atoms with E-state index in [1.165, 1.54) is 0 Å². The first-order chi connectivity index (χ1) is 10.5. The van der Waals surface area contributed by atoms with Gasteiger partial charge >= 0.3 is 0 Å². The number of halogens is 3. The number of ether oxygens (including phenoxy) is 2. The summed E-state index contributed by atoms with van der Waals surface area (Å²) in [4.78, 5) is 4.37. The molecule has 130 valence electrons. The molecule has 1 aromatic rings. The van der Waals surface area contributed by atoms with E-state index in [1.54, 1.807) is 19.2 Å². The minimum atomic E-state index is -0.368. The summed E-state index contributed by atoms with van der Waals surface area (Å²) in [5, 5.41) is 4.32. The maximum absolute atomic E-state index is 6.19. The second-order valence-corrected chi connectivity index (χ2v) is 6.27. The number of hydrogen-bond donors (Lipinski definition) is 2. The molecule has 1 saturated heterocycles. The van der Waals surface area contributed by atoms with Crippen LogP contribution in [0.5, 0.6) is 0 Å². The predicted molar refractivity (Wildman–Crippen MR) is 105 cm³/mol. The number of benzene rings is 1. The van der Waals surface area contributed by atoms with Gasteiger partial charge in [-0.2, -0.15) is 0 Å². The Hall–Kier alpha value is -0.280. The lowest BCUT2D eigenvalue weighted by Crippen LogP contribution is -2.39. The summed E-state index contributed by atoms with van der Waals surface area (Å²) in [6, 6.07) is 5.30. The lowest BCUT2D eigenvalue weighted by molar-refractivity contribution is -0.00906. The summed E-state index contributed by atoms with van der Waals surface area (Å²) >= 11 is 12.1. The summed E-state index contributed by atoms with van der Waals surface area (Å²) in [6.45, 7) is 3.65. The maximum atomic E-state index is 6.19. The lowest BCUT2D eigenvalue weighted by Gasteiger charge is -2.24. The third-order valence-corrected chi connectivity index (χ3v) is 4.39. The van der Waals surface area contributed by atoms with Gasteiger partial charge in [0, 0.05) is 30.2 Å². The fourth-order valence-electron chi connectivity index (χ4n) is 2.37. The van der Waals surface area contributed by atoms with E-state index in [0.717, 1.165) is 12.0 Å². The van der Waals surface area contributed by atoms with Gasteiger partial charge in [-0.05, 0) is 24.6 Å². The van der Waals surface area contributed by atoms with Crippen molar-refractivity contribution >= 4 is 53.1 Å². The molecule has 1 aromatic carbocycles. The first-order valence-corrected chi connectivity index (χ1v) is 7.86. The predicted octanol–water partition coefficient (Wildman–Crippen LogP) is 3.38. The third-order valence-electron chi connectivity index (χ3n) is 3.83. The highest BCUT2D eigenvalue weighted by atomic mass is 127. The van der Waals surface area contributed by atoms with Crippen LogP contribution < -0.4 is 11.1 Å². The van der Waals surface area contributed by atoms with Crippen LogP contribution >= 0.6 is 47.2 Å². The van der Waals surface area contributed by atoms with Crippen LogP contribution in [-0.4, -0.2) is 38.4 Å². The monoisotopic (exact) mass is 473 g/mol. The van der Waals surface area contributed by atoms with Crippen molar-refractivity contribution in [1.82, 2.24) is 5.32 Å². The molecule has 0 aliphatic carbocycles. The normalized spacial score (nSPS) is 22.5. The molecule has 5 nitrogen and oxygen atoms in total.